The average Bonchev–Trinajstić information content (AvgIpc) is 3.23. The lowest BCUT2D eigenvalue weighted by atomic mass is 10.1. The number of rotatable bonds is 4. The molecule has 4 nitrogen and oxygen atoms in total. The molecule has 2 aromatic carbocycles. The van der Waals surface area contributed by atoms with Crippen LogP contribution in [0.25, 0.3) is 10.8 Å². The van der Waals surface area contributed by atoms with Gasteiger partial charge in [0.05, 0.1) is 6.54 Å². The molecule has 0 aromatic heterocycles. The average molecular weight is 296 g/mol. The van der Waals surface area contributed by atoms with E-state index in [4.69, 9.17) is 0 Å². The first-order chi connectivity index (χ1) is 10.6. The molecule has 0 bridgehead atoms. The summed E-state index contributed by atoms with van der Waals surface area (Å²) in [7, 11) is 1.69. The van der Waals surface area contributed by atoms with E-state index in [0.717, 1.165) is 22.9 Å². The van der Waals surface area contributed by atoms with E-state index in [0.29, 0.717) is 5.92 Å². The van der Waals surface area contributed by atoms with Crippen LogP contribution in [-0.4, -0.2) is 30.3 Å². The predicted molar refractivity (Wildman–Crippen MR) is 87.5 cm³/mol. The summed E-state index contributed by atoms with van der Waals surface area (Å²) in [6, 6.07) is 13.7. The summed E-state index contributed by atoms with van der Waals surface area (Å²) in [5.74, 6) is 0.465. The van der Waals surface area contributed by atoms with Gasteiger partial charge in [0.15, 0.2) is 0 Å². The van der Waals surface area contributed by atoms with Gasteiger partial charge in [-0.3, -0.25) is 9.59 Å². The molecule has 22 heavy (non-hydrogen) atoms. The molecule has 1 fully saturated rings. The minimum atomic E-state index is -0.166. The standard InChI is InChI=1S/C18H20N2O2/c1-12-10-15(12)18(22)20(2)11-17(21)19-16-9-5-7-13-6-3-4-8-14(13)16/h3-9,12,15H,10-11H2,1-2H3,(H,19,21)/t12-,15+/m0/s1. The molecule has 2 amide bonds. The van der Waals surface area contributed by atoms with Gasteiger partial charge < -0.3 is 10.2 Å². The summed E-state index contributed by atoms with van der Waals surface area (Å²) < 4.78 is 0. The maximum atomic E-state index is 12.2. The number of nitrogens with one attached hydrogen (secondary N) is 1. The molecule has 0 radical (unpaired) electrons. The quantitative estimate of drug-likeness (QED) is 0.943. The molecule has 0 aliphatic heterocycles. The number of hydrogen-bond acceptors (Lipinski definition) is 2. The SMILES string of the molecule is C[C@H]1C[C@H]1C(=O)N(C)CC(=O)Nc1cccc2ccccc12. The van der Waals surface area contributed by atoms with Gasteiger partial charge in [0, 0.05) is 24.0 Å². The topological polar surface area (TPSA) is 49.4 Å². The van der Waals surface area contributed by atoms with Gasteiger partial charge in [0.1, 0.15) is 0 Å². The Hall–Kier alpha value is -2.36. The summed E-state index contributed by atoms with van der Waals surface area (Å²) >= 11 is 0. The highest BCUT2D eigenvalue weighted by atomic mass is 16.2. The largest absolute Gasteiger partial charge is 0.336 e. The molecule has 0 unspecified atom stereocenters. The van der Waals surface area contributed by atoms with Gasteiger partial charge in [-0.25, -0.2) is 0 Å². The van der Waals surface area contributed by atoms with Gasteiger partial charge in [-0.15, -0.1) is 0 Å². The minimum absolute atomic E-state index is 0.0700. The van der Waals surface area contributed by atoms with Crippen molar-refractivity contribution in [3.63, 3.8) is 0 Å². The van der Waals surface area contributed by atoms with Crippen LogP contribution >= 0.6 is 0 Å². The van der Waals surface area contributed by atoms with Crippen molar-refractivity contribution in [2.24, 2.45) is 11.8 Å². The van der Waals surface area contributed by atoms with Crippen molar-refractivity contribution >= 4 is 28.3 Å². The number of amides is 2. The zero-order valence-electron chi connectivity index (χ0n) is 12.9. The van der Waals surface area contributed by atoms with Crippen LogP contribution in [0.2, 0.25) is 0 Å². The third-order valence-electron chi connectivity index (χ3n) is 4.25. The molecular weight excluding hydrogens is 276 g/mol. The lowest BCUT2D eigenvalue weighted by molar-refractivity contribution is -0.134. The molecule has 1 N–H and O–H groups in total. The van der Waals surface area contributed by atoms with Crippen molar-refractivity contribution in [3.05, 3.63) is 42.5 Å². The first-order valence-electron chi connectivity index (χ1n) is 7.59. The zero-order valence-corrected chi connectivity index (χ0v) is 12.9. The molecule has 114 valence electrons. The molecule has 4 heteroatoms. The fourth-order valence-electron chi connectivity index (χ4n) is 2.77. The van der Waals surface area contributed by atoms with Crippen LogP contribution in [0.1, 0.15) is 13.3 Å². The normalized spacial score (nSPS) is 19.7. The van der Waals surface area contributed by atoms with Crippen LogP contribution in [0.3, 0.4) is 0 Å². The lowest BCUT2D eigenvalue weighted by Crippen LogP contribution is -2.36. The van der Waals surface area contributed by atoms with Crippen LogP contribution in [-0.2, 0) is 9.59 Å². The van der Waals surface area contributed by atoms with Crippen molar-refractivity contribution < 1.29 is 9.59 Å². The zero-order chi connectivity index (χ0) is 15.7. The summed E-state index contributed by atoms with van der Waals surface area (Å²) in [5, 5.41) is 4.99. The molecule has 0 heterocycles. The van der Waals surface area contributed by atoms with Crippen molar-refractivity contribution in [3.8, 4) is 0 Å². The minimum Gasteiger partial charge on any atom is -0.336 e. The van der Waals surface area contributed by atoms with E-state index >= 15 is 0 Å². The Morgan fingerprint density at radius 1 is 1.18 bits per heavy atom. The molecule has 2 aromatic rings. The third kappa shape index (κ3) is 2.96. The van der Waals surface area contributed by atoms with E-state index in [2.05, 4.69) is 12.2 Å². The second-order valence-electron chi connectivity index (χ2n) is 6.09. The molecular formula is C18H20N2O2. The maximum Gasteiger partial charge on any atom is 0.244 e. The Morgan fingerprint density at radius 3 is 2.59 bits per heavy atom. The summed E-state index contributed by atoms with van der Waals surface area (Å²) in [6.45, 7) is 2.15. The number of likely N-dealkylation sites (N-methyl/N-ethyl adjacent to an activating group) is 1. The van der Waals surface area contributed by atoms with E-state index < -0.39 is 0 Å². The smallest absolute Gasteiger partial charge is 0.244 e. The Morgan fingerprint density at radius 2 is 1.86 bits per heavy atom. The van der Waals surface area contributed by atoms with Crippen LogP contribution < -0.4 is 5.32 Å². The van der Waals surface area contributed by atoms with E-state index in [9.17, 15) is 9.59 Å². The Bertz CT molecular complexity index is 721. The van der Waals surface area contributed by atoms with Crippen molar-refractivity contribution in [2.45, 2.75) is 13.3 Å². The first-order valence-corrected chi connectivity index (χ1v) is 7.59. The Balaban J connectivity index is 1.67. The fourth-order valence-corrected chi connectivity index (χ4v) is 2.77. The van der Waals surface area contributed by atoms with Gasteiger partial charge in [0.2, 0.25) is 11.8 Å². The van der Waals surface area contributed by atoms with Crippen LogP contribution in [0.4, 0.5) is 5.69 Å². The summed E-state index contributed by atoms with van der Waals surface area (Å²) in [6.07, 6.45) is 0.939. The third-order valence-corrected chi connectivity index (χ3v) is 4.25. The predicted octanol–water partition coefficient (Wildman–Crippen LogP) is 2.89. The number of benzene rings is 2. The fraction of sp³-hybridized carbons (Fsp3) is 0.333. The van der Waals surface area contributed by atoms with E-state index in [1.54, 1.807) is 7.05 Å². The number of carbonyl (C=O) groups excluding carboxylic acids is 2. The van der Waals surface area contributed by atoms with Gasteiger partial charge in [-0.2, -0.15) is 0 Å². The van der Waals surface area contributed by atoms with Gasteiger partial charge in [-0.1, -0.05) is 43.3 Å². The summed E-state index contributed by atoms with van der Waals surface area (Å²) in [5.41, 5.74) is 0.781. The molecule has 1 aliphatic rings. The van der Waals surface area contributed by atoms with Crippen molar-refractivity contribution in [2.75, 3.05) is 18.9 Å². The van der Waals surface area contributed by atoms with Crippen LogP contribution in [0.15, 0.2) is 42.5 Å². The molecule has 1 saturated carbocycles. The van der Waals surface area contributed by atoms with Gasteiger partial charge in [0.25, 0.3) is 0 Å². The number of fused-ring (bicyclic) bond motifs is 1. The molecule has 0 spiro atoms. The second-order valence-corrected chi connectivity index (χ2v) is 6.09. The molecule has 0 saturated heterocycles. The van der Waals surface area contributed by atoms with E-state index in [1.807, 2.05) is 42.5 Å². The van der Waals surface area contributed by atoms with E-state index in [1.165, 1.54) is 4.90 Å². The maximum absolute atomic E-state index is 12.2. The second kappa shape index (κ2) is 5.79. The van der Waals surface area contributed by atoms with Crippen LogP contribution in [0.5, 0.6) is 0 Å². The molecule has 3 rings (SSSR count). The molecule has 1 aliphatic carbocycles. The molecule has 2 atom stereocenters. The van der Waals surface area contributed by atoms with Gasteiger partial charge in [-0.05, 0) is 23.8 Å². The van der Waals surface area contributed by atoms with Crippen LogP contribution in [0, 0.1) is 11.8 Å². The Labute approximate surface area is 130 Å². The Kier molecular flexibility index (Phi) is 3.84. The first kappa shape index (κ1) is 14.6. The van der Waals surface area contributed by atoms with Crippen molar-refractivity contribution in [1.82, 2.24) is 4.90 Å². The number of anilines is 1. The van der Waals surface area contributed by atoms with Gasteiger partial charge >= 0.3 is 0 Å². The van der Waals surface area contributed by atoms with E-state index in [-0.39, 0.29) is 24.3 Å². The highest BCUT2D eigenvalue weighted by molar-refractivity contribution is 6.03. The number of nitrogens with zero attached hydrogens (tertiary/aromatic N) is 1. The highest BCUT2D eigenvalue weighted by Crippen LogP contribution is 2.38. The number of carbonyl (C=O) groups is 2. The number of hydrogen-bond donors (Lipinski definition) is 1. The van der Waals surface area contributed by atoms with Crippen molar-refractivity contribution in [1.29, 1.82) is 0 Å². The highest BCUT2D eigenvalue weighted by Gasteiger charge is 2.40. The summed E-state index contributed by atoms with van der Waals surface area (Å²) in [4.78, 5) is 25.8. The monoisotopic (exact) mass is 296 g/mol. The lowest BCUT2D eigenvalue weighted by Gasteiger charge is -2.17.